The Bertz CT molecular complexity index is 287. The van der Waals surface area contributed by atoms with Crippen molar-refractivity contribution >= 4 is 11.9 Å². The van der Waals surface area contributed by atoms with Crippen LogP contribution in [0.1, 0.15) is 27.2 Å². The van der Waals surface area contributed by atoms with Crippen LogP contribution in [0.15, 0.2) is 12.2 Å². The summed E-state index contributed by atoms with van der Waals surface area (Å²) < 4.78 is 4.79. The first-order valence-electron chi connectivity index (χ1n) is 4.60. The maximum Gasteiger partial charge on any atom is 0.336 e. The molecule has 0 aromatic rings. The van der Waals surface area contributed by atoms with Crippen molar-refractivity contribution in [2.24, 2.45) is 0 Å². The number of esters is 1. The van der Waals surface area contributed by atoms with Gasteiger partial charge in [0.25, 0.3) is 5.91 Å². The number of amides is 1. The summed E-state index contributed by atoms with van der Waals surface area (Å²) in [6.45, 7) is 7.73. The molecule has 0 aliphatic rings. The molecule has 1 N–H and O–H groups in total. The van der Waals surface area contributed by atoms with Crippen LogP contribution in [-0.2, 0) is 14.3 Å². The van der Waals surface area contributed by atoms with Gasteiger partial charge < -0.3 is 9.84 Å². The van der Waals surface area contributed by atoms with Gasteiger partial charge >= 0.3 is 5.97 Å². The third-order valence-electron chi connectivity index (χ3n) is 2.06. The largest absolute Gasteiger partial charge is 0.410 e. The average Bonchev–Trinajstić information content (AvgIpc) is 2.15. The highest BCUT2D eigenvalue weighted by atomic mass is 16.7. The maximum atomic E-state index is 11.2. The number of nitrogens with zero attached hydrogens (tertiary/aromatic N) is 1. The molecule has 0 saturated carbocycles. The number of hydrogen-bond donors (Lipinski definition) is 1. The fraction of sp³-hybridized carbons (Fsp3) is 0.600. The molecule has 1 atom stereocenters. The number of carbonyl (C=O) groups excluding carboxylic acids is 2. The first kappa shape index (κ1) is 13.6. The summed E-state index contributed by atoms with van der Waals surface area (Å²) in [6.07, 6.45) is 0.0854. The molecule has 0 heterocycles. The van der Waals surface area contributed by atoms with E-state index in [1.165, 1.54) is 20.9 Å². The van der Waals surface area contributed by atoms with Crippen molar-refractivity contribution in [2.45, 2.75) is 33.1 Å². The van der Waals surface area contributed by atoms with Gasteiger partial charge in [0.05, 0.1) is 0 Å². The van der Waals surface area contributed by atoms with Crippen LogP contribution in [0.4, 0.5) is 0 Å². The first-order chi connectivity index (χ1) is 6.74. The highest BCUT2D eigenvalue weighted by Gasteiger charge is 2.36. The Balaban J connectivity index is 4.79. The van der Waals surface area contributed by atoms with Crippen molar-refractivity contribution < 1.29 is 19.4 Å². The van der Waals surface area contributed by atoms with Crippen LogP contribution in [0.5, 0.6) is 0 Å². The lowest BCUT2D eigenvalue weighted by Gasteiger charge is -2.34. The fourth-order valence-corrected chi connectivity index (χ4v) is 0.859. The summed E-state index contributed by atoms with van der Waals surface area (Å²) >= 11 is 0. The molecule has 0 fully saturated rings. The summed E-state index contributed by atoms with van der Waals surface area (Å²) in [5.74, 6) is -3.02. The molecule has 1 unspecified atom stereocenters. The predicted molar refractivity (Wildman–Crippen MR) is 54.6 cm³/mol. The van der Waals surface area contributed by atoms with Crippen LogP contribution in [0.2, 0.25) is 0 Å². The lowest BCUT2D eigenvalue weighted by molar-refractivity contribution is -0.264. The van der Waals surface area contributed by atoms with Crippen molar-refractivity contribution in [1.29, 1.82) is 0 Å². The Morgan fingerprint density at radius 3 is 2.20 bits per heavy atom. The minimum absolute atomic E-state index is 0.0854. The molecule has 0 aromatic heterocycles. The van der Waals surface area contributed by atoms with Gasteiger partial charge in [-0.1, -0.05) is 13.5 Å². The number of ether oxygens (including phenoxy) is 1. The number of rotatable bonds is 4. The molecule has 5 nitrogen and oxygen atoms in total. The van der Waals surface area contributed by atoms with E-state index < -0.39 is 17.8 Å². The zero-order chi connectivity index (χ0) is 12.2. The summed E-state index contributed by atoms with van der Waals surface area (Å²) in [4.78, 5) is 23.2. The summed E-state index contributed by atoms with van der Waals surface area (Å²) in [6, 6.07) is 0. The van der Waals surface area contributed by atoms with Crippen LogP contribution in [0.25, 0.3) is 0 Å². The van der Waals surface area contributed by atoms with Gasteiger partial charge in [0.2, 0.25) is 5.91 Å². The third-order valence-corrected chi connectivity index (χ3v) is 2.06. The van der Waals surface area contributed by atoms with Crippen molar-refractivity contribution in [3.05, 3.63) is 12.2 Å². The predicted octanol–water partition coefficient (Wildman–Crippen LogP) is 0.640. The van der Waals surface area contributed by atoms with Crippen LogP contribution in [0, 0.1) is 0 Å². The van der Waals surface area contributed by atoms with Crippen LogP contribution in [-0.4, -0.2) is 34.8 Å². The van der Waals surface area contributed by atoms with Gasteiger partial charge in [-0.2, -0.15) is 0 Å². The Hall–Kier alpha value is -1.36. The summed E-state index contributed by atoms with van der Waals surface area (Å²) in [5, 5.41) is 9.90. The topological polar surface area (TPSA) is 66.8 Å². The van der Waals surface area contributed by atoms with Crippen LogP contribution < -0.4 is 0 Å². The molecule has 0 aliphatic heterocycles. The Morgan fingerprint density at radius 2 is 1.93 bits per heavy atom. The third kappa shape index (κ3) is 3.36. The van der Waals surface area contributed by atoms with E-state index in [0.717, 1.165) is 4.90 Å². The molecule has 15 heavy (non-hydrogen) atoms. The second-order valence-electron chi connectivity index (χ2n) is 3.34. The van der Waals surface area contributed by atoms with Crippen molar-refractivity contribution in [2.75, 3.05) is 7.05 Å². The Kier molecular flexibility index (Phi) is 4.48. The second kappa shape index (κ2) is 4.93. The van der Waals surface area contributed by atoms with E-state index >= 15 is 0 Å². The Morgan fingerprint density at radius 1 is 1.47 bits per heavy atom. The summed E-state index contributed by atoms with van der Waals surface area (Å²) in [7, 11) is 1.36. The number of carbonyl (C=O) groups is 2. The van der Waals surface area contributed by atoms with E-state index in [-0.39, 0.29) is 12.0 Å². The van der Waals surface area contributed by atoms with Gasteiger partial charge in [0, 0.05) is 26.0 Å². The molecule has 0 saturated heterocycles. The second-order valence-corrected chi connectivity index (χ2v) is 3.34. The van der Waals surface area contributed by atoms with Crippen molar-refractivity contribution in [1.82, 2.24) is 4.90 Å². The van der Waals surface area contributed by atoms with Gasteiger partial charge in [0.15, 0.2) is 0 Å². The number of aliphatic hydroxyl groups is 1. The average molecular weight is 215 g/mol. The molecule has 86 valence electrons. The minimum atomic E-state index is -1.90. The SMILES string of the molecule is C=C(C)C(=O)OC(O)(CC)N(C)C(C)=O. The molecule has 5 heteroatoms. The molecule has 0 radical (unpaired) electrons. The normalized spacial score (nSPS) is 13.9. The van der Waals surface area contributed by atoms with Crippen LogP contribution in [0.3, 0.4) is 0 Å². The fourth-order valence-electron chi connectivity index (χ4n) is 0.859. The molecule has 0 aliphatic carbocycles. The lowest BCUT2D eigenvalue weighted by Crippen LogP contribution is -2.51. The standard InChI is InChI=1S/C10H17NO4/c1-6-10(14,11(5)8(4)12)15-9(13)7(2)3/h14H,2,6H2,1,3-5H3. The van der Waals surface area contributed by atoms with Gasteiger partial charge in [-0.15, -0.1) is 0 Å². The van der Waals surface area contributed by atoms with E-state index in [4.69, 9.17) is 4.74 Å². The summed E-state index contributed by atoms with van der Waals surface area (Å²) in [5.41, 5.74) is 0.166. The molecular formula is C10H17NO4. The zero-order valence-corrected chi connectivity index (χ0v) is 9.53. The monoisotopic (exact) mass is 215 g/mol. The van der Waals surface area contributed by atoms with Crippen LogP contribution >= 0.6 is 0 Å². The molecule has 0 spiro atoms. The molecule has 1 amide bonds. The number of hydrogen-bond acceptors (Lipinski definition) is 4. The molecule has 0 rings (SSSR count). The highest BCUT2D eigenvalue weighted by molar-refractivity contribution is 5.87. The Labute approximate surface area is 89.3 Å². The molecule has 0 bridgehead atoms. The van der Waals surface area contributed by atoms with Crippen molar-refractivity contribution in [3.8, 4) is 0 Å². The smallest absolute Gasteiger partial charge is 0.336 e. The van der Waals surface area contributed by atoms with E-state index in [0.29, 0.717) is 0 Å². The van der Waals surface area contributed by atoms with Gasteiger partial charge in [-0.25, -0.2) is 4.79 Å². The van der Waals surface area contributed by atoms with E-state index in [1.54, 1.807) is 6.92 Å². The highest BCUT2D eigenvalue weighted by Crippen LogP contribution is 2.18. The van der Waals surface area contributed by atoms with E-state index in [1.807, 2.05) is 0 Å². The molecular weight excluding hydrogens is 198 g/mol. The zero-order valence-electron chi connectivity index (χ0n) is 9.53. The lowest BCUT2D eigenvalue weighted by atomic mass is 10.3. The minimum Gasteiger partial charge on any atom is -0.410 e. The maximum absolute atomic E-state index is 11.2. The van der Waals surface area contributed by atoms with Gasteiger partial charge in [-0.3, -0.25) is 9.69 Å². The van der Waals surface area contributed by atoms with E-state index in [2.05, 4.69) is 6.58 Å². The quantitative estimate of drug-likeness (QED) is 0.424. The first-order valence-corrected chi connectivity index (χ1v) is 4.60. The molecule has 0 aromatic carbocycles. The van der Waals surface area contributed by atoms with Crippen molar-refractivity contribution in [3.63, 3.8) is 0 Å². The van der Waals surface area contributed by atoms with Gasteiger partial charge in [0.1, 0.15) is 0 Å². The van der Waals surface area contributed by atoms with Gasteiger partial charge in [-0.05, 0) is 6.92 Å². The van der Waals surface area contributed by atoms with E-state index in [9.17, 15) is 14.7 Å².